The Balaban J connectivity index is 2.02. The van der Waals surface area contributed by atoms with E-state index in [2.05, 4.69) is 46.2 Å². The first-order chi connectivity index (χ1) is 12.1. The van der Waals surface area contributed by atoms with Gasteiger partial charge in [-0.2, -0.15) is 9.97 Å². The molecule has 2 heterocycles. The number of hydrogen-bond donors (Lipinski definition) is 2. The van der Waals surface area contributed by atoms with Crippen LogP contribution in [0.2, 0.25) is 0 Å². The van der Waals surface area contributed by atoms with Gasteiger partial charge in [0.05, 0.1) is 6.33 Å². The first-order valence-electron chi connectivity index (χ1n) is 8.52. The molecule has 0 atom stereocenters. The lowest BCUT2D eigenvalue weighted by atomic mass is 10.2. The number of imidazole rings is 1. The van der Waals surface area contributed by atoms with Crippen molar-refractivity contribution in [1.82, 2.24) is 19.5 Å². The molecule has 0 saturated heterocycles. The van der Waals surface area contributed by atoms with E-state index < -0.39 is 0 Å². The number of rotatable bonds is 7. The quantitative estimate of drug-likeness (QED) is 0.644. The Morgan fingerprint density at radius 1 is 1.20 bits per heavy atom. The molecule has 0 saturated carbocycles. The van der Waals surface area contributed by atoms with Crippen molar-refractivity contribution in [3.05, 3.63) is 42.2 Å². The van der Waals surface area contributed by atoms with Gasteiger partial charge < -0.3 is 19.9 Å². The zero-order valence-corrected chi connectivity index (χ0v) is 14.8. The molecule has 0 unspecified atom stereocenters. The van der Waals surface area contributed by atoms with Gasteiger partial charge >= 0.3 is 0 Å². The largest absolute Gasteiger partial charge is 0.376 e. The first-order valence-corrected chi connectivity index (χ1v) is 8.52. The molecule has 132 valence electrons. The Labute approximate surface area is 147 Å². The van der Waals surface area contributed by atoms with Crippen LogP contribution in [0.5, 0.6) is 0 Å². The molecule has 25 heavy (non-hydrogen) atoms. The van der Waals surface area contributed by atoms with Gasteiger partial charge in [-0.1, -0.05) is 30.3 Å². The second-order valence-electron chi connectivity index (χ2n) is 6.13. The SMILES string of the molecule is CCN(CO)c1nc(NCc2ccccc2)c2ncn(C(C)C)c2n1. The number of anilines is 2. The van der Waals surface area contributed by atoms with Gasteiger partial charge in [-0.25, -0.2) is 4.98 Å². The molecule has 0 amide bonds. The van der Waals surface area contributed by atoms with Crippen LogP contribution in [-0.2, 0) is 6.54 Å². The fraction of sp³-hybridized carbons (Fsp3) is 0.389. The van der Waals surface area contributed by atoms with E-state index in [0.29, 0.717) is 24.9 Å². The Bertz CT molecular complexity index is 826. The van der Waals surface area contributed by atoms with Crippen molar-refractivity contribution in [3.63, 3.8) is 0 Å². The maximum absolute atomic E-state index is 9.58. The standard InChI is InChI=1S/C18H24N6O/c1-4-23(12-25)18-21-16(19-10-14-8-6-5-7-9-14)15-17(22-18)24(11-20-15)13(2)3/h5-9,11,13,25H,4,10,12H2,1-3H3,(H,19,21,22). The molecule has 2 N–H and O–H groups in total. The van der Waals surface area contributed by atoms with E-state index in [1.165, 1.54) is 0 Å². The summed E-state index contributed by atoms with van der Waals surface area (Å²) in [6, 6.07) is 10.4. The lowest BCUT2D eigenvalue weighted by Crippen LogP contribution is -2.26. The van der Waals surface area contributed by atoms with Crippen LogP contribution in [0.15, 0.2) is 36.7 Å². The van der Waals surface area contributed by atoms with Gasteiger partial charge in [0.15, 0.2) is 17.0 Å². The summed E-state index contributed by atoms with van der Waals surface area (Å²) in [5, 5.41) is 12.9. The van der Waals surface area contributed by atoms with Crippen LogP contribution in [0.3, 0.4) is 0 Å². The fourth-order valence-electron chi connectivity index (χ4n) is 2.63. The van der Waals surface area contributed by atoms with Crippen molar-refractivity contribution in [2.24, 2.45) is 0 Å². The van der Waals surface area contributed by atoms with Crippen LogP contribution in [-0.4, -0.2) is 37.9 Å². The van der Waals surface area contributed by atoms with Gasteiger partial charge in [-0.15, -0.1) is 0 Å². The third kappa shape index (κ3) is 3.56. The minimum absolute atomic E-state index is 0.129. The Morgan fingerprint density at radius 3 is 2.60 bits per heavy atom. The van der Waals surface area contributed by atoms with Gasteiger partial charge in [-0.05, 0) is 26.3 Å². The number of aliphatic hydroxyl groups is 1. The lowest BCUT2D eigenvalue weighted by Gasteiger charge is -2.19. The summed E-state index contributed by atoms with van der Waals surface area (Å²) in [6.45, 7) is 7.27. The highest BCUT2D eigenvalue weighted by atomic mass is 16.3. The highest BCUT2D eigenvalue weighted by Crippen LogP contribution is 2.25. The predicted molar refractivity (Wildman–Crippen MR) is 99.6 cm³/mol. The first kappa shape index (κ1) is 17.2. The van der Waals surface area contributed by atoms with Crippen molar-refractivity contribution in [2.45, 2.75) is 33.4 Å². The molecular formula is C18H24N6O. The topological polar surface area (TPSA) is 79.1 Å². The summed E-state index contributed by atoms with van der Waals surface area (Å²) >= 11 is 0. The minimum atomic E-state index is -0.129. The smallest absolute Gasteiger partial charge is 0.231 e. The summed E-state index contributed by atoms with van der Waals surface area (Å²) in [5.74, 6) is 1.17. The van der Waals surface area contributed by atoms with Gasteiger partial charge in [-0.3, -0.25) is 0 Å². The number of hydrogen-bond acceptors (Lipinski definition) is 6. The van der Waals surface area contributed by atoms with E-state index >= 15 is 0 Å². The fourth-order valence-corrected chi connectivity index (χ4v) is 2.63. The lowest BCUT2D eigenvalue weighted by molar-refractivity contribution is 0.291. The molecule has 0 spiro atoms. The molecule has 3 aromatic rings. The normalized spacial score (nSPS) is 11.2. The molecule has 0 radical (unpaired) electrons. The summed E-state index contributed by atoms with van der Waals surface area (Å²) in [5.41, 5.74) is 2.67. The second-order valence-corrected chi connectivity index (χ2v) is 6.13. The molecule has 0 fully saturated rings. The molecular weight excluding hydrogens is 316 g/mol. The molecule has 0 bridgehead atoms. The van der Waals surface area contributed by atoms with Crippen molar-refractivity contribution in [1.29, 1.82) is 0 Å². The van der Waals surface area contributed by atoms with Gasteiger partial charge in [0.1, 0.15) is 6.73 Å². The van der Waals surface area contributed by atoms with Gasteiger partial charge in [0.2, 0.25) is 5.95 Å². The zero-order chi connectivity index (χ0) is 17.8. The third-order valence-electron chi connectivity index (χ3n) is 4.10. The Kier molecular flexibility index (Phi) is 5.14. The number of nitrogens with one attached hydrogen (secondary N) is 1. The van der Waals surface area contributed by atoms with E-state index in [-0.39, 0.29) is 12.8 Å². The zero-order valence-electron chi connectivity index (χ0n) is 14.8. The Morgan fingerprint density at radius 2 is 1.96 bits per heavy atom. The van der Waals surface area contributed by atoms with Crippen molar-refractivity contribution in [3.8, 4) is 0 Å². The average Bonchev–Trinajstić information content (AvgIpc) is 3.06. The number of aliphatic hydroxyl groups excluding tert-OH is 1. The predicted octanol–water partition coefficient (Wildman–Crippen LogP) is 2.80. The van der Waals surface area contributed by atoms with Crippen molar-refractivity contribution < 1.29 is 5.11 Å². The van der Waals surface area contributed by atoms with Crippen LogP contribution in [0.25, 0.3) is 11.2 Å². The molecule has 0 aliphatic heterocycles. The molecule has 3 rings (SSSR count). The van der Waals surface area contributed by atoms with Crippen LogP contribution in [0, 0.1) is 0 Å². The van der Waals surface area contributed by atoms with Gasteiger partial charge in [0.25, 0.3) is 0 Å². The number of aromatic nitrogens is 4. The van der Waals surface area contributed by atoms with Gasteiger partial charge in [0, 0.05) is 19.1 Å². The number of fused-ring (bicyclic) bond motifs is 1. The molecule has 0 aliphatic rings. The highest BCUT2D eigenvalue weighted by Gasteiger charge is 2.17. The Hall–Kier alpha value is -2.67. The van der Waals surface area contributed by atoms with Crippen LogP contribution < -0.4 is 10.2 Å². The molecule has 7 heteroatoms. The van der Waals surface area contributed by atoms with Crippen LogP contribution in [0.1, 0.15) is 32.4 Å². The summed E-state index contributed by atoms with van der Waals surface area (Å²) in [7, 11) is 0. The monoisotopic (exact) mass is 340 g/mol. The third-order valence-corrected chi connectivity index (χ3v) is 4.10. The van der Waals surface area contributed by atoms with Crippen molar-refractivity contribution >= 4 is 22.9 Å². The molecule has 2 aromatic heterocycles. The minimum Gasteiger partial charge on any atom is -0.376 e. The van der Waals surface area contributed by atoms with E-state index in [1.54, 1.807) is 11.2 Å². The second kappa shape index (κ2) is 7.48. The van der Waals surface area contributed by atoms with E-state index in [1.807, 2.05) is 29.7 Å². The molecule has 7 nitrogen and oxygen atoms in total. The summed E-state index contributed by atoms with van der Waals surface area (Å²) in [6.07, 6.45) is 1.79. The number of nitrogens with zero attached hydrogens (tertiary/aromatic N) is 5. The molecule has 0 aliphatic carbocycles. The maximum atomic E-state index is 9.58. The van der Waals surface area contributed by atoms with Crippen LogP contribution in [0.4, 0.5) is 11.8 Å². The average molecular weight is 340 g/mol. The molecule has 1 aromatic carbocycles. The maximum Gasteiger partial charge on any atom is 0.231 e. The van der Waals surface area contributed by atoms with Crippen LogP contribution >= 0.6 is 0 Å². The van der Waals surface area contributed by atoms with E-state index in [4.69, 9.17) is 0 Å². The van der Waals surface area contributed by atoms with Crippen molar-refractivity contribution in [2.75, 3.05) is 23.5 Å². The summed E-state index contributed by atoms with van der Waals surface area (Å²) in [4.78, 5) is 15.4. The summed E-state index contributed by atoms with van der Waals surface area (Å²) < 4.78 is 2.01. The van der Waals surface area contributed by atoms with E-state index in [0.717, 1.165) is 16.7 Å². The number of benzene rings is 1. The van der Waals surface area contributed by atoms with E-state index in [9.17, 15) is 5.11 Å². The highest BCUT2D eigenvalue weighted by molar-refractivity contribution is 5.84.